The van der Waals surface area contributed by atoms with Gasteiger partial charge in [0, 0.05) is 12.3 Å². The molecule has 8 nitrogen and oxygen atoms in total. The van der Waals surface area contributed by atoms with Crippen LogP contribution in [0.25, 0.3) is 5.65 Å². The van der Waals surface area contributed by atoms with Crippen molar-refractivity contribution < 1.29 is 19.1 Å². The Balaban J connectivity index is 1.41. The molecule has 1 saturated heterocycles. The van der Waals surface area contributed by atoms with Crippen LogP contribution in [0.4, 0.5) is 0 Å². The van der Waals surface area contributed by atoms with Crippen molar-refractivity contribution in [2.24, 2.45) is 11.8 Å². The molecule has 0 bridgehead atoms. The molecule has 0 radical (unpaired) electrons. The zero-order chi connectivity index (χ0) is 19.8. The number of aromatic nitrogens is 2. The summed E-state index contributed by atoms with van der Waals surface area (Å²) in [5.41, 5.74) is 1.43. The zero-order valence-electron chi connectivity index (χ0n) is 15.6. The fraction of sp³-hybridized carbons (Fsp3) is 0.450. The van der Waals surface area contributed by atoms with Gasteiger partial charge >= 0.3 is 5.97 Å². The Kier molecular flexibility index (Phi) is 4.70. The van der Waals surface area contributed by atoms with Crippen LogP contribution in [0.2, 0.25) is 0 Å². The lowest BCUT2D eigenvalue weighted by Crippen LogP contribution is -2.36. The lowest BCUT2D eigenvalue weighted by atomic mass is 9.81. The minimum atomic E-state index is -0.689. The molecule has 2 fully saturated rings. The number of fused-ring (bicyclic) bond motifs is 2. The van der Waals surface area contributed by atoms with Crippen LogP contribution in [0.5, 0.6) is 0 Å². The highest BCUT2D eigenvalue weighted by Gasteiger charge is 2.48. The minimum absolute atomic E-state index is 0.193. The van der Waals surface area contributed by atoms with Crippen molar-refractivity contribution in [1.82, 2.24) is 14.3 Å². The van der Waals surface area contributed by atoms with Gasteiger partial charge in [0.1, 0.15) is 18.8 Å². The zero-order valence-corrected chi connectivity index (χ0v) is 15.6. The fourth-order valence-corrected chi connectivity index (χ4v) is 4.05. The molecule has 2 atom stereocenters. The van der Waals surface area contributed by atoms with Gasteiger partial charge < -0.3 is 4.74 Å². The van der Waals surface area contributed by atoms with E-state index >= 15 is 0 Å². The summed E-state index contributed by atoms with van der Waals surface area (Å²) < 4.78 is 6.59. The van der Waals surface area contributed by atoms with E-state index in [9.17, 15) is 19.2 Å². The minimum Gasteiger partial charge on any atom is -0.458 e. The van der Waals surface area contributed by atoms with Crippen molar-refractivity contribution in [3.05, 3.63) is 46.0 Å². The maximum absolute atomic E-state index is 12.4. The van der Waals surface area contributed by atoms with Gasteiger partial charge in [-0.25, -0.2) is 4.98 Å². The number of nitrogens with zero attached hydrogens (tertiary/aromatic N) is 3. The number of aryl methyl sites for hydroxylation is 1. The van der Waals surface area contributed by atoms with Crippen LogP contribution in [0.1, 0.15) is 36.9 Å². The van der Waals surface area contributed by atoms with E-state index in [1.807, 2.05) is 13.0 Å². The van der Waals surface area contributed by atoms with Gasteiger partial charge in [-0.05, 0) is 31.4 Å². The standard InChI is InChI=1S/C20H21N3O5/c1-12-6-7-16-21-13(8-17(24)22(16)9-12)11-28-18(25)10-23-19(26)14-4-2-3-5-15(14)20(23)27/h6-9,14-15H,2-5,10-11H2,1H3/t14-,15-/m1/s1. The van der Waals surface area contributed by atoms with E-state index in [1.165, 1.54) is 10.5 Å². The smallest absolute Gasteiger partial charge is 0.326 e. The third kappa shape index (κ3) is 3.30. The summed E-state index contributed by atoms with van der Waals surface area (Å²) in [5, 5.41) is 0. The van der Waals surface area contributed by atoms with Crippen LogP contribution in [0.15, 0.2) is 29.2 Å². The Morgan fingerprint density at radius 2 is 1.82 bits per heavy atom. The summed E-state index contributed by atoms with van der Waals surface area (Å²) in [6, 6.07) is 4.85. The highest BCUT2D eigenvalue weighted by molar-refractivity contribution is 6.07. The third-order valence-corrected chi connectivity index (χ3v) is 5.46. The molecular formula is C20H21N3O5. The van der Waals surface area contributed by atoms with Crippen LogP contribution in [-0.4, -0.2) is 38.6 Å². The lowest BCUT2D eigenvalue weighted by molar-refractivity contribution is -0.153. The second-order valence-corrected chi connectivity index (χ2v) is 7.44. The average Bonchev–Trinajstić information content (AvgIpc) is 2.92. The summed E-state index contributed by atoms with van der Waals surface area (Å²) in [6.45, 7) is 1.29. The number of carbonyl (C=O) groups excluding carboxylic acids is 3. The Morgan fingerprint density at radius 3 is 2.50 bits per heavy atom. The predicted molar refractivity (Wildman–Crippen MR) is 98.2 cm³/mol. The molecule has 1 aliphatic carbocycles. The van der Waals surface area contributed by atoms with E-state index in [-0.39, 0.29) is 35.8 Å². The van der Waals surface area contributed by atoms with Gasteiger partial charge in [0.15, 0.2) is 0 Å². The molecule has 4 rings (SSSR count). The first-order chi connectivity index (χ1) is 13.4. The molecule has 28 heavy (non-hydrogen) atoms. The summed E-state index contributed by atoms with van der Waals surface area (Å²) in [6.07, 6.45) is 4.95. The first-order valence-electron chi connectivity index (χ1n) is 9.44. The number of rotatable bonds is 4. The fourth-order valence-electron chi connectivity index (χ4n) is 4.05. The second-order valence-electron chi connectivity index (χ2n) is 7.44. The number of esters is 1. The molecule has 2 amide bonds. The maximum Gasteiger partial charge on any atom is 0.326 e. The SMILES string of the molecule is Cc1ccc2nc(COC(=O)CN3C(=O)[C@@H]4CCCC[C@H]4C3=O)cc(=O)n2c1. The molecule has 1 aliphatic heterocycles. The molecule has 0 spiro atoms. The van der Waals surface area contributed by atoms with Gasteiger partial charge in [-0.15, -0.1) is 0 Å². The van der Waals surface area contributed by atoms with Crippen molar-refractivity contribution in [1.29, 1.82) is 0 Å². The van der Waals surface area contributed by atoms with Crippen LogP contribution in [0, 0.1) is 18.8 Å². The molecule has 146 valence electrons. The van der Waals surface area contributed by atoms with Gasteiger partial charge in [0.2, 0.25) is 11.8 Å². The number of hydrogen-bond donors (Lipinski definition) is 0. The van der Waals surface area contributed by atoms with Crippen molar-refractivity contribution in [3.8, 4) is 0 Å². The van der Waals surface area contributed by atoms with Crippen LogP contribution in [0.3, 0.4) is 0 Å². The van der Waals surface area contributed by atoms with E-state index in [0.29, 0.717) is 24.2 Å². The van der Waals surface area contributed by atoms with Crippen molar-refractivity contribution in [3.63, 3.8) is 0 Å². The molecule has 2 aromatic heterocycles. The maximum atomic E-state index is 12.4. The molecule has 2 aromatic rings. The number of amides is 2. The van der Waals surface area contributed by atoms with Crippen molar-refractivity contribution in [2.75, 3.05) is 6.54 Å². The monoisotopic (exact) mass is 383 g/mol. The molecule has 0 aromatic carbocycles. The first-order valence-corrected chi connectivity index (χ1v) is 9.44. The Hall–Kier alpha value is -3.03. The number of ether oxygens (including phenoxy) is 1. The molecular weight excluding hydrogens is 362 g/mol. The van der Waals surface area contributed by atoms with Crippen LogP contribution in [-0.2, 0) is 25.7 Å². The number of hydrogen-bond acceptors (Lipinski definition) is 6. The number of imide groups is 1. The first kappa shape index (κ1) is 18.3. The quantitative estimate of drug-likeness (QED) is 0.582. The second kappa shape index (κ2) is 7.18. The van der Waals surface area contributed by atoms with Crippen LogP contribution >= 0.6 is 0 Å². The number of likely N-dealkylation sites (tertiary alicyclic amines) is 1. The van der Waals surface area contributed by atoms with Gasteiger partial charge in [-0.2, -0.15) is 0 Å². The average molecular weight is 383 g/mol. The third-order valence-electron chi connectivity index (χ3n) is 5.46. The topological polar surface area (TPSA) is 98.0 Å². The highest BCUT2D eigenvalue weighted by Crippen LogP contribution is 2.37. The van der Waals surface area contributed by atoms with E-state index < -0.39 is 12.5 Å². The van der Waals surface area contributed by atoms with Crippen molar-refractivity contribution in [2.45, 2.75) is 39.2 Å². The number of carbonyl (C=O) groups is 3. The summed E-state index contributed by atoms with van der Waals surface area (Å²) in [4.78, 5) is 54.5. The predicted octanol–water partition coefficient (Wildman–Crippen LogP) is 1.22. The van der Waals surface area contributed by atoms with E-state index in [4.69, 9.17) is 4.74 Å². The van der Waals surface area contributed by atoms with Gasteiger partial charge in [-0.3, -0.25) is 28.5 Å². The van der Waals surface area contributed by atoms with E-state index in [2.05, 4.69) is 4.98 Å². The summed E-state index contributed by atoms with van der Waals surface area (Å²) >= 11 is 0. The lowest BCUT2D eigenvalue weighted by Gasteiger charge is -2.19. The highest BCUT2D eigenvalue weighted by atomic mass is 16.5. The molecule has 1 saturated carbocycles. The summed E-state index contributed by atoms with van der Waals surface area (Å²) in [7, 11) is 0. The van der Waals surface area contributed by atoms with Crippen molar-refractivity contribution >= 4 is 23.4 Å². The molecule has 0 N–H and O–H groups in total. The Bertz CT molecular complexity index is 1000. The summed E-state index contributed by atoms with van der Waals surface area (Å²) in [5.74, 6) is -1.82. The normalized spacial score (nSPS) is 21.8. The van der Waals surface area contributed by atoms with Gasteiger partial charge in [0.05, 0.1) is 17.5 Å². The van der Waals surface area contributed by atoms with E-state index in [0.717, 1.165) is 23.3 Å². The van der Waals surface area contributed by atoms with E-state index in [1.54, 1.807) is 12.3 Å². The van der Waals surface area contributed by atoms with Gasteiger partial charge in [-0.1, -0.05) is 18.9 Å². The Labute approximate surface area is 161 Å². The molecule has 3 heterocycles. The molecule has 8 heteroatoms. The Morgan fingerprint density at radius 1 is 1.14 bits per heavy atom. The van der Waals surface area contributed by atoms with Gasteiger partial charge in [0.25, 0.3) is 5.56 Å². The largest absolute Gasteiger partial charge is 0.458 e. The van der Waals surface area contributed by atoms with Crippen LogP contribution < -0.4 is 5.56 Å². The molecule has 0 unspecified atom stereocenters. The molecule has 2 aliphatic rings. The number of pyridine rings is 1.